The quantitative estimate of drug-likeness (QED) is 0.785. The first kappa shape index (κ1) is 13.9. The fourth-order valence-electron chi connectivity index (χ4n) is 1.89. The number of thiazole rings is 2. The Morgan fingerprint density at radius 1 is 1.19 bits per heavy atom. The first-order chi connectivity index (χ1) is 10.3. The molecule has 3 rings (SSSR count). The van der Waals surface area contributed by atoms with Crippen LogP contribution in [0.1, 0.15) is 16.3 Å². The lowest BCUT2D eigenvalue weighted by atomic mass is 10.2. The zero-order valence-electron chi connectivity index (χ0n) is 11.2. The van der Waals surface area contributed by atoms with Crippen LogP contribution >= 0.6 is 22.7 Å². The highest BCUT2D eigenvalue weighted by Gasteiger charge is 2.09. The van der Waals surface area contributed by atoms with Crippen molar-refractivity contribution in [2.45, 2.75) is 12.8 Å². The van der Waals surface area contributed by atoms with Gasteiger partial charge < -0.3 is 5.32 Å². The summed E-state index contributed by atoms with van der Waals surface area (Å²) < 4.78 is 0. The Bertz CT molecular complexity index is 708. The molecule has 0 bridgehead atoms. The molecule has 21 heavy (non-hydrogen) atoms. The van der Waals surface area contributed by atoms with Gasteiger partial charge in [-0.1, -0.05) is 30.3 Å². The summed E-state index contributed by atoms with van der Waals surface area (Å²) in [5.74, 6) is -0.0819. The number of amides is 1. The normalized spacial score (nSPS) is 10.5. The number of anilines is 1. The number of hydrogen-bond acceptors (Lipinski definition) is 5. The summed E-state index contributed by atoms with van der Waals surface area (Å²) in [6.45, 7) is 0. The number of carbonyl (C=O) groups excluding carboxylic acids is 1. The number of aromatic nitrogens is 2. The van der Waals surface area contributed by atoms with Crippen molar-refractivity contribution in [3.8, 4) is 0 Å². The van der Waals surface area contributed by atoms with E-state index in [1.165, 1.54) is 16.9 Å². The van der Waals surface area contributed by atoms with E-state index in [0.717, 1.165) is 17.1 Å². The van der Waals surface area contributed by atoms with E-state index in [2.05, 4.69) is 27.4 Å². The van der Waals surface area contributed by atoms with Crippen molar-refractivity contribution in [1.29, 1.82) is 0 Å². The van der Waals surface area contributed by atoms with Crippen LogP contribution in [-0.2, 0) is 17.6 Å². The molecule has 0 aliphatic carbocycles. The van der Waals surface area contributed by atoms with E-state index in [9.17, 15) is 4.79 Å². The van der Waals surface area contributed by atoms with Gasteiger partial charge in [-0.15, -0.1) is 22.7 Å². The molecular weight excluding hydrogens is 302 g/mol. The van der Waals surface area contributed by atoms with Crippen molar-refractivity contribution in [3.63, 3.8) is 0 Å². The Labute approximate surface area is 130 Å². The van der Waals surface area contributed by atoms with E-state index in [0.29, 0.717) is 5.13 Å². The Morgan fingerprint density at radius 3 is 2.81 bits per heavy atom. The second-order valence-electron chi connectivity index (χ2n) is 4.46. The van der Waals surface area contributed by atoms with Gasteiger partial charge in [0, 0.05) is 23.4 Å². The summed E-state index contributed by atoms with van der Waals surface area (Å²) in [6.07, 6.45) is 2.76. The number of nitrogens with zero attached hydrogens (tertiary/aromatic N) is 2. The molecule has 1 amide bonds. The molecule has 3 aromatic rings. The van der Waals surface area contributed by atoms with Crippen molar-refractivity contribution in [2.24, 2.45) is 0 Å². The molecule has 2 heterocycles. The van der Waals surface area contributed by atoms with E-state index < -0.39 is 0 Å². The minimum atomic E-state index is -0.0819. The van der Waals surface area contributed by atoms with Gasteiger partial charge in [-0.2, -0.15) is 0 Å². The summed E-state index contributed by atoms with van der Waals surface area (Å²) in [6, 6.07) is 10.2. The van der Waals surface area contributed by atoms with E-state index >= 15 is 0 Å². The maximum atomic E-state index is 11.9. The first-order valence-electron chi connectivity index (χ1n) is 6.46. The van der Waals surface area contributed by atoms with Crippen molar-refractivity contribution < 1.29 is 4.79 Å². The van der Waals surface area contributed by atoms with E-state index in [4.69, 9.17) is 0 Å². The minimum absolute atomic E-state index is 0.0819. The predicted octanol–water partition coefficient (Wildman–Crippen LogP) is 3.37. The summed E-state index contributed by atoms with van der Waals surface area (Å²) in [5.41, 5.74) is 2.03. The zero-order valence-corrected chi connectivity index (χ0v) is 12.8. The molecule has 0 atom stereocenters. The van der Waals surface area contributed by atoms with Crippen LogP contribution in [0.15, 0.2) is 47.3 Å². The van der Waals surface area contributed by atoms with Crippen LogP contribution in [0.5, 0.6) is 0 Å². The molecule has 0 unspecified atom stereocenters. The highest BCUT2D eigenvalue weighted by molar-refractivity contribution is 7.13. The number of hydrogen-bond donors (Lipinski definition) is 1. The topological polar surface area (TPSA) is 54.9 Å². The van der Waals surface area contributed by atoms with E-state index in [-0.39, 0.29) is 12.3 Å². The molecule has 6 heteroatoms. The van der Waals surface area contributed by atoms with Crippen molar-refractivity contribution in [3.05, 3.63) is 63.6 Å². The van der Waals surface area contributed by atoms with Crippen LogP contribution in [0.25, 0.3) is 0 Å². The fourth-order valence-corrected chi connectivity index (χ4v) is 3.27. The molecule has 0 radical (unpaired) electrons. The lowest BCUT2D eigenvalue weighted by molar-refractivity contribution is -0.115. The molecular formula is C15H13N3OS2. The van der Waals surface area contributed by atoms with Gasteiger partial charge in [-0.25, -0.2) is 9.97 Å². The van der Waals surface area contributed by atoms with Crippen molar-refractivity contribution in [1.82, 2.24) is 9.97 Å². The van der Waals surface area contributed by atoms with E-state index in [1.54, 1.807) is 17.5 Å². The Hall–Kier alpha value is -2.05. The third kappa shape index (κ3) is 3.96. The van der Waals surface area contributed by atoms with Gasteiger partial charge in [0.1, 0.15) is 0 Å². The lowest BCUT2D eigenvalue weighted by Gasteiger charge is -1.99. The lowest BCUT2D eigenvalue weighted by Crippen LogP contribution is -2.14. The average molecular weight is 315 g/mol. The Balaban J connectivity index is 1.59. The SMILES string of the molecule is O=C(Cc1csc(Cc2ccccc2)n1)Nc1nccs1. The van der Waals surface area contributed by atoms with Gasteiger partial charge in [-0.3, -0.25) is 4.79 Å². The zero-order chi connectivity index (χ0) is 14.5. The molecule has 0 aliphatic rings. The van der Waals surface area contributed by atoms with Crippen molar-refractivity contribution >= 4 is 33.7 Å². The van der Waals surface area contributed by atoms with Crippen LogP contribution in [-0.4, -0.2) is 15.9 Å². The van der Waals surface area contributed by atoms with Crippen LogP contribution in [0, 0.1) is 0 Å². The molecule has 4 nitrogen and oxygen atoms in total. The number of rotatable bonds is 5. The molecule has 1 aromatic carbocycles. The maximum absolute atomic E-state index is 11.9. The van der Waals surface area contributed by atoms with Crippen LogP contribution in [0.2, 0.25) is 0 Å². The van der Waals surface area contributed by atoms with Gasteiger partial charge in [0.15, 0.2) is 5.13 Å². The summed E-state index contributed by atoms with van der Waals surface area (Å²) in [4.78, 5) is 20.4. The fraction of sp³-hybridized carbons (Fsp3) is 0.133. The average Bonchev–Trinajstić information content (AvgIpc) is 3.12. The molecule has 0 saturated carbocycles. The Morgan fingerprint density at radius 2 is 2.05 bits per heavy atom. The predicted molar refractivity (Wildman–Crippen MR) is 85.8 cm³/mol. The minimum Gasteiger partial charge on any atom is -0.302 e. The second kappa shape index (κ2) is 6.60. The molecule has 106 valence electrons. The third-order valence-corrected chi connectivity index (χ3v) is 4.40. The molecule has 0 aliphatic heterocycles. The first-order valence-corrected chi connectivity index (χ1v) is 8.22. The molecule has 0 saturated heterocycles. The molecule has 0 fully saturated rings. The largest absolute Gasteiger partial charge is 0.302 e. The highest BCUT2D eigenvalue weighted by atomic mass is 32.1. The smallest absolute Gasteiger partial charge is 0.232 e. The number of benzene rings is 1. The Kier molecular flexibility index (Phi) is 4.37. The highest BCUT2D eigenvalue weighted by Crippen LogP contribution is 2.16. The summed E-state index contributed by atoms with van der Waals surface area (Å²) >= 11 is 3.00. The van der Waals surface area contributed by atoms with Gasteiger partial charge >= 0.3 is 0 Å². The van der Waals surface area contributed by atoms with Gasteiger partial charge in [0.25, 0.3) is 0 Å². The van der Waals surface area contributed by atoms with Crippen LogP contribution in [0.4, 0.5) is 5.13 Å². The van der Waals surface area contributed by atoms with Crippen LogP contribution < -0.4 is 5.32 Å². The summed E-state index contributed by atoms with van der Waals surface area (Å²) in [5, 5.41) is 8.19. The molecule has 2 aromatic heterocycles. The summed E-state index contributed by atoms with van der Waals surface area (Å²) in [7, 11) is 0. The van der Waals surface area contributed by atoms with Gasteiger partial charge in [-0.05, 0) is 5.56 Å². The van der Waals surface area contributed by atoms with Gasteiger partial charge in [0.05, 0.1) is 17.1 Å². The number of nitrogens with one attached hydrogen (secondary N) is 1. The molecule has 0 spiro atoms. The second-order valence-corrected chi connectivity index (χ2v) is 6.29. The monoisotopic (exact) mass is 315 g/mol. The third-order valence-electron chi connectivity index (χ3n) is 2.82. The standard InChI is InChI=1S/C15H13N3OS2/c19-13(18-15-16-6-7-20-15)9-12-10-21-14(17-12)8-11-4-2-1-3-5-11/h1-7,10H,8-9H2,(H,16,18,19). The van der Waals surface area contributed by atoms with Gasteiger partial charge in [0.2, 0.25) is 5.91 Å². The maximum Gasteiger partial charge on any atom is 0.232 e. The molecule has 1 N–H and O–H groups in total. The van der Waals surface area contributed by atoms with Crippen LogP contribution in [0.3, 0.4) is 0 Å². The van der Waals surface area contributed by atoms with E-state index in [1.807, 2.05) is 29.0 Å². The number of carbonyl (C=O) groups is 1. The van der Waals surface area contributed by atoms with Crippen molar-refractivity contribution in [2.75, 3.05) is 5.32 Å².